The van der Waals surface area contributed by atoms with Crippen LogP contribution in [0.5, 0.6) is 0 Å². The number of hydrogen-bond donors (Lipinski definition) is 1. The first-order valence-corrected chi connectivity index (χ1v) is 5.17. The van der Waals surface area contributed by atoms with Crippen LogP contribution in [0.1, 0.15) is 25.7 Å². The molecule has 0 spiro atoms. The summed E-state index contributed by atoms with van der Waals surface area (Å²) in [6, 6.07) is 0. The average Bonchev–Trinajstić information content (AvgIpc) is 2.06. The molecule has 1 rings (SSSR count). The second kappa shape index (κ2) is 4.88. The van der Waals surface area contributed by atoms with Gasteiger partial charge >= 0.3 is 5.97 Å². The summed E-state index contributed by atoms with van der Waals surface area (Å²) in [6.45, 7) is 1.65. The second-order valence-electron chi connectivity index (χ2n) is 4.38. The summed E-state index contributed by atoms with van der Waals surface area (Å²) in [4.78, 5) is 12.3. The molecule has 0 saturated carbocycles. The van der Waals surface area contributed by atoms with E-state index in [4.69, 9.17) is 5.11 Å². The third kappa shape index (κ3) is 4.55. The highest BCUT2D eigenvalue weighted by atomic mass is 19.3. The Balaban J connectivity index is 2.36. The Hall–Kier alpha value is -0.710. The van der Waals surface area contributed by atoms with Crippen molar-refractivity contribution in [3.8, 4) is 0 Å². The van der Waals surface area contributed by atoms with Crippen LogP contribution in [-0.2, 0) is 4.79 Å². The molecule has 0 aromatic carbocycles. The van der Waals surface area contributed by atoms with E-state index in [0.717, 1.165) is 25.9 Å². The van der Waals surface area contributed by atoms with Crippen LogP contribution in [0.25, 0.3) is 0 Å². The maximum Gasteiger partial charge on any atom is 0.309 e. The Kier molecular flexibility index (Phi) is 4.02. The van der Waals surface area contributed by atoms with Crippen LogP contribution < -0.4 is 0 Å². The molecule has 88 valence electrons. The Labute approximate surface area is 88.1 Å². The Morgan fingerprint density at radius 2 is 2.00 bits per heavy atom. The predicted molar refractivity (Wildman–Crippen MR) is 52.0 cm³/mol. The molecule has 0 radical (unpaired) electrons. The normalized spacial score (nSPS) is 20.5. The summed E-state index contributed by atoms with van der Waals surface area (Å²) in [5.41, 5.74) is 0. The topological polar surface area (TPSA) is 40.5 Å². The lowest BCUT2D eigenvalue weighted by molar-refractivity contribution is -0.146. The van der Waals surface area contributed by atoms with Crippen LogP contribution in [0, 0.1) is 5.92 Å². The van der Waals surface area contributed by atoms with Crippen molar-refractivity contribution in [1.82, 2.24) is 4.90 Å². The van der Waals surface area contributed by atoms with Gasteiger partial charge in [0, 0.05) is 6.42 Å². The molecule has 0 unspecified atom stereocenters. The molecule has 5 heteroatoms. The zero-order valence-electron chi connectivity index (χ0n) is 8.88. The molecule has 1 aliphatic heterocycles. The summed E-state index contributed by atoms with van der Waals surface area (Å²) in [5.74, 6) is -4.50. The van der Waals surface area contributed by atoms with Crippen LogP contribution in [0.15, 0.2) is 0 Å². The van der Waals surface area contributed by atoms with Crippen molar-refractivity contribution in [3.63, 3.8) is 0 Å². The maximum atomic E-state index is 13.2. The van der Waals surface area contributed by atoms with Crippen molar-refractivity contribution in [2.75, 3.05) is 20.1 Å². The predicted octanol–water partition coefficient (Wildman–Crippen LogP) is 1.83. The third-order valence-corrected chi connectivity index (χ3v) is 2.84. The maximum absolute atomic E-state index is 13.2. The van der Waals surface area contributed by atoms with Crippen LogP contribution in [0.4, 0.5) is 8.78 Å². The van der Waals surface area contributed by atoms with Gasteiger partial charge < -0.3 is 10.0 Å². The number of carboxylic acids is 1. The summed E-state index contributed by atoms with van der Waals surface area (Å²) < 4.78 is 26.3. The molecular weight excluding hydrogens is 204 g/mol. The monoisotopic (exact) mass is 221 g/mol. The summed E-state index contributed by atoms with van der Waals surface area (Å²) >= 11 is 0. The van der Waals surface area contributed by atoms with Crippen molar-refractivity contribution in [1.29, 1.82) is 0 Å². The quantitative estimate of drug-likeness (QED) is 0.787. The smallest absolute Gasteiger partial charge is 0.309 e. The first-order valence-electron chi connectivity index (χ1n) is 5.17. The number of likely N-dealkylation sites (tertiary alicyclic amines) is 1. The van der Waals surface area contributed by atoms with E-state index < -0.39 is 18.3 Å². The van der Waals surface area contributed by atoms with E-state index in [0.29, 0.717) is 0 Å². The number of carboxylic acid groups (broad SMARTS) is 1. The van der Waals surface area contributed by atoms with Gasteiger partial charge in [0.1, 0.15) is 6.42 Å². The van der Waals surface area contributed by atoms with Gasteiger partial charge in [0.2, 0.25) is 0 Å². The lowest BCUT2D eigenvalue weighted by atomic mass is 9.90. The van der Waals surface area contributed by atoms with Gasteiger partial charge in [-0.15, -0.1) is 0 Å². The van der Waals surface area contributed by atoms with E-state index in [1.807, 2.05) is 7.05 Å². The highest BCUT2D eigenvalue weighted by Gasteiger charge is 2.35. The van der Waals surface area contributed by atoms with Gasteiger partial charge in [-0.25, -0.2) is 8.78 Å². The molecule has 15 heavy (non-hydrogen) atoms. The van der Waals surface area contributed by atoms with E-state index in [-0.39, 0.29) is 12.3 Å². The fourth-order valence-corrected chi connectivity index (χ4v) is 1.98. The van der Waals surface area contributed by atoms with Gasteiger partial charge in [-0.2, -0.15) is 0 Å². The second-order valence-corrected chi connectivity index (χ2v) is 4.38. The van der Waals surface area contributed by atoms with Crippen molar-refractivity contribution in [2.24, 2.45) is 5.92 Å². The molecule has 1 aliphatic rings. The molecule has 1 fully saturated rings. The highest BCUT2D eigenvalue weighted by molar-refractivity contribution is 5.67. The Morgan fingerprint density at radius 1 is 1.47 bits per heavy atom. The number of piperidine rings is 1. The molecule has 1 saturated heterocycles. The molecule has 1 heterocycles. The molecule has 0 atom stereocenters. The van der Waals surface area contributed by atoms with Crippen molar-refractivity contribution >= 4 is 5.97 Å². The molecule has 3 nitrogen and oxygen atoms in total. The van der Waals surface area contributed by atoms with E-state index in [1.165, 1.54) is 0 Å². The van der Waals surface area contributed by atoms with E-state index in [9.17, 15) is 13.6 Å². The van der Waals surface area contributed by atoms with Gasteiger partial charge in [0.25, 0.3) is 5.92 Å². The summed E-state index contributed by atoms with van der Waals surface area (Å²) in [6.07, 6.45) is 0.157. The molecule has 1 N–H and O–H groups in total. The van der Waals surface area contributed by atoms with Crippen molar-refractivity contribution in [2.45, 2.75) is 31.6 Å². The van der Waals surface area contributed by atoms with E-state index in [1.54, 1.807) is 0 Å². The van der Waals surface area contributed by atoms with Gasteiger partial charge in [0.15, 0.2) is 0 Å². The van der Waals surface area contributed by atoms with Gasteiger partial charge in [-0.1, -0.05) is 0 Å². The Bertz CT molecular complexity index is 225. The standard InChI is InChI=1S/C10H17F2NO2/c1-13-4-2-8(3-5-13)6-10(11,12)7-9(14)15/h8H,2-7H2,1H3,(H,14,15). The van der Waals surface area contributed by atoms with Crippen molar-refractivity contribution < 1.29 is 18.7 Å². The van der Waals surface area contributed by atoms with Crippen LogP contribution >= 0.6 is 0 Å². The Morgan fingerprint density at radius 3 is 2.47 bits per heavy atom. The first-order chi connectivity index (χ1) is 6.89. The van der Waals surface area contributed by atoms with Crippen molar-refractivity contribution in [3.05, 3.63) is 0 Å². The number of alkyl halides is 2. The fraction of sp³-hybridized carbons (Fsp3) is 0.900. The average molecular weight is 221 g/mol. The fourth-order valence-electron chi connectivity index (χ4n) is 1.98. The molecular formula is C10H17F2NO2. The van der Waals surface area contributed by atoms with E-state index >= 15 is 0 Å². The largest absolute Gasteiger partial charge is 0.481 e. The van der Waals surface area contributed by atoms with Crippen LogP contribution in [0.3, 0.4) is 0 Å². The lowest BCUT2D eigenvalue weighted by Crippen LogP contribution is -2.33. The molecule has 0 amide bonds. The molecule has 0 aromatic heterocycles. The minimum absolute atomic E-state index is 0.0319. The zero-order valence-corrected chi connectivity index (χ0v) is 8.88. The highest BCUT2D eigenvalue weighted by Crippen LogP contribution is 2.32. The minimum atomic E-state index is -3.05. The third-order valence-electron chi connectivity index (χ3n) is 2.84. The van der Waals surface area contributed by atoms with Crippen LogP contribution in [-0.4, -0.2) is 42.0 Å². The lowest BCUT2D eigenvalue weighted by Gasteiger charge is -2.30. The number of aliphatic carboxylic acids is 1. The summed E-state index contributed by atoms with van der Waals surface area (Å²) in [7, 11) is 1.96. The molecule has 0 bridgehead atoms. The number of hydrogen-bond acceptors (Lipinski definition) is 2. The first kappa shape index (κ1) is 12.4. The van der Waals surface area contributed by atoms with E-state index in [2.05, 4.69) is 4.90 Å². The molecule has 0 aliphatic carbocycles. The number of nitrogens with zero attached hydrogens (tertiary/aromatic N) is 1. The SMILES string of the molecule is CN1CCC(CC(F)(F)CC(=O)O)CC1. The van der Waals surface area contributed by atoms with Gasteiger partial charge in [-0.3, -0.25) is 4.79 Å². The van der Waals surface area contributed by atoms with Gasteiger partial charge in [-0.05, 0) is 38.9 Å². The minimum Gasteiger partial charge on any atom is -0.481 e. The summed E-state index contributed by atoms with van der Waals surface area (Å²) in [5, 5.41) is 8.33. The molecule has 0 aromatic rings. The van der Waals surface area contributed by atoms with Crippen LogP contribution in [0.2, 0.25) is 0 Å². The zero-order chi connectivity index (χ0) is 11.5. The number of halogens is 2. The van der Waals surface area contributed by atoms with Gasteiger partial charge in [0.05, 0.1) is 0 Å². The number of rotatable bonds is 4. The number of carbonyl (C=O) groups is 1.